The van der Waals surface area contributed by atoms with Crippen LogP contribution < -0.4 is 10.6 Å². The normalized spacial score (nSPS) is 18.4. The minimum atomic E-state index is -4.47. The second-order valence-electron chi connectivity index (χ2n) is 6.90. The molecule has 1 fully saturated rings. The van der Waals surface area contributed by atoms with Crippen molar-refractivity contribution in [3.05, 3.63) is 48.3 Å². The van der Waals surface area contributed by atoms with Gasteiger partial charge >= 0.3 is 6.18 Å². The third-order valence-corrected chi connectivity index (χ3v) is 4.99. The van der Waals surface area contributed by atoms with Crippen LogP contribution in [0.4, 0.5) is 19.0 Å². The van der Waals surface area contributed by atoms with Gasteiger partial charge in [0.2, 0.25) is 0 Å². The number of hydrogen-bond donors (Lipinski definition) is 3. The molecule has 0 spiro atoms. The lowest BCUT2D eigenvalue weighted by molar-refractivity contribution is -0.137. The molecule has 1 saturated heterocycles. The molecular weight excluding hydrogens is 353 g/mol. The van der Waals surface area contributed by atoms with Gasteiger partial charge in [0.15, 0.2) is 0 Å². The van der Waals surface area contributed by atoms with Crippen molar-refractivity contribution in [1.82, 2.24) is 15.3 Å². The number of nitrogens with zero attached hydrogens (tertiary/aromatic N) is 1. The number of alkyl halides is 3. The van der Waals surface area contributed by atoms with Crippen LogP contribution in [0.2, 0.25) is 0 Å². The van der Waals surface area contributed by atoms with E-state index in [9.17, 15) is 13.2 Å². The number of H-pyrrole nitrogens is 1. The van der Waals surface area contributed by atoms with Crippen LogP contribution in [0.3, 0.4) is 0 Å². The Labute approximate surface area is 155 Å². The molecule has 0 aliphatic carbocycles. The molecule has 4 rings (SSSR count). The maximum absolute atomic E-state index is 13.6. The van der Waals surface area contributed by atoms with Crippen molar-refractivity contribution in [1.29, 1.82) is 0 Å². The van der Waals surface area contributed by atoms with Crippen molar-refractivity contribution in [3.63, 3.8) is 0 Å². The van der Waals surface area contributed by atoms with E-state index in [4.69, 9.17) is 0 Å². The van der Waals surface area contributed by atoms with Crippen molar-refractivity contribution in [2.45, 2.75) is 31.5 Å². The molecule has 0 unspecified atom stereocenters. The van der Waals surface area contributed by atoms with Crippen molar-refractivity contribution in [3.8, 4) is 11.1 Å². The summed E-state index contributed by atoms with van der Waals surface area (Å²) in [7, 11) is 0. The molecular formula is C20H21F3N4. The highest BCUT2D eigenvalue weighted by Crippen LogP contribution is 2.40. The number of anilines is 1. The summed E-state index contributed by atoms with van der Waals surface area (Å²) in [5.41, 5.74) is 0.748. The zero-order chi connectivity index (χ0) is 18.9. The molecule has 3 N–H and O–H groups in total. The Morgan fingerprint density at radius 1 is 1.11 bits per heavy atom. The summed E-state index contributed by atoms with van der Waals surface area (Å²) in [6.07, 6.45) is 1.26. The second kappa shape index (κ2) is 7.23. The quantitative estimate of drug-likeness (QED) is 0.617. The standard InChI is InChI=1S/C20H21F3N4/c21-20(22,23)17-12-26-19(27-13-5-3-4-8-24-10-13)9-15(17)16-11-25-18-7-2-1-6-14(16)18/h1-2,6-7,9,11-13,24-25H,3-5,8,10H2,(H,26,27)/t13-/m0/s1. The van der Waals surface area contributed by atoms with Gasteiger partial charge in [0.05, 0.1) is 5.56 Å². The molecule has 1 aliphatic rings. The molecule has 27 heavy (non-hydrogen) atoms. The molecule has 1 atom stereocenters. The number of benzene rings is 1. The number of para-hydroxylation sites is 1. The first-order valence-corrected chi connectivity index (χ1v) is 9.13. The van der Waals surface area contributed by atoms with Crippen LogP contribution in [-0.2, 0) is 6.18 Å². The summed E-state index contributed by atoms with van der Waals surface area (Å²) < 4.78 is 40.8. The van der Waals surface area contributed by atoms with Crippen LogP contribution in [0.5, 0.6) is 0 Å². The number of aromatic amines is 1. The van der Waals surface area contributed by atoms with Gasteiger partial charge in [-0.1, -0.05) is 24.6 Å². The number of nitrogens with one attached hydrogen (secondary N) is 3. The van der Waals surface area contributed by atoms with E-state index in [2.05, 4.69) is 20.6 Å². The van der Waals surface area contributed by atoms with Gasteiger partial charge in [-0.2, -0.15) is 13.2 Å². The minimum Gasteiger partial charge on any atom is -0.366 e. The van der Waals surface area contributed by atoms with Crippen LogP contribution in [0.1, 0.15) is 24.8 Å². The Balaban J connectivity index is 1.75. The second-order valence-corrected chi connectivity index (χ2v) is 6.90. The lowest BCUT2D eigenvalue weighted by atomic mass is 10.00. The Kier molecular flexibility index (Phi) is 4.78. The molecule has 0 saturated carbocycles. The number of hydrogen-bond acceptors (Lipinski definition) is 3. The number of aromatic nitrogens is 2. The van der Waals surface area contributed by atoms with E-state index in [1.807, 2.05) is 24.3 Å². The highest BCUT2D eigenvalue weighted by Gasteiger charge is 2.35. The van der Waals surface area contributed by atoms with E-state index in [0.29, 0.717) is 11.4 Å². The van der Waals surface area contributed by atoms with Crippen LogP contribution in [0.15, 0.2) is 42.7 Å². The summed E-state index contributed by atoms with van der Waals surface area (Å²) in [6, 6.07) is 9.03. The molecule has 3 aromatic rings. The van der Waals surface area contributed by atoms with Gasteiger partial charge in [0, 0.05) is 47.0 Å². The predicted octanol–water partition coefficient (Wildman–Crippen LogP) is 4.80. The van der Waals surface area contributed by atoms with Gasteiger partial charge in [-0.25, -0.2) is 4.98 Å². The fourth-order valence-electron chi connectivity index (χ4n) is 3.63. The van der Waals surface area contributed by atoms with Gasteiger partial charge in [-0.15, -0.1) is 0 Å². The number of fused-ring (bicyclic) bond motifs is 1. The molecule has 3 heterocycles. The van der Waals surface area contributed by atoms with Crippen LogP contribution in [0, 0.1) is 0 Å². The minimum absolute atomic E-state index is 0.138. The first-order valence-electron chi connectivity index (χ1n) is 9.13. The average Bonchev–Trinajstić information content (AvgIpc) is 2.91. The highest BCUT2D eigenvalue weighted by molar-refractivity contribution is 5.96. The number of pyridine rings is 1. The van der Waals surface area contributed by atoms with Crippen LogP contribution in [0.25, 0.3) is 22.0 Å². The maximum Gasteiger partial charge on any atom is 0.418 e. The lowest BCUT2D eigenvalue weighted by Crippen LogP contribution is -2.31. The van der Waals surface area contributed by atoms with Crippen molar-refractivity contribution in [2.75, 3.05) is 18.4 Å². The summed E-state index contributed by atoms with van der Waals surface area (Å²) >= 11 is 0. The lowest BCUT2D eigenvalue weighted by Gasteiger charge is -2.19. The smallest absolute Gasteiger partial charge is 0.366 e. The molecule has 7 heteroatoms. The SMILES string of the molecule is FC(F)(F)c1cnc(N[C@H]2CCCCNC2)cc1-c1c[nH]c2ccccc12. The van der Waals surface area contributed by atoms with E-state index in [1.165, 1.54) is 6.07 Å². The van der Waals surface area contributed by atoms with E-state index < -0.39 is 11.7 Å². The van der Waals surface area contributed by atoms with Crippen LogP contribution in [-0.4, -0.2) is 29.1 Å². The monoisotopic (exact) mass is 374 g/mol. The molecule has 1 aromatic carbocycles. The van der Waals surface area contributed by atoms with Crippen molar-refractivity contribution >= 4 is 16.7 Å². The summed E-state index contributed by atoms with van der Waals surface area (Å²) in [5, 5.41) is 7.40. The molecule has 0 radical (unpaired) electrons. The Morgan fingerprint density at radius 3 is 2.81 bits per heavy atom. The number of halogens is 3. The van der Waals surface area contributed by atoms with E-state index in [-0.39, 0.29) is 11.6 Å². The van der Waals surface area contributed by atoms with Crippen LogP contribution >= 0.6 is 0 Å². The Morgan fingerprint density at radius 2 is 1.96 bits per heavy atom. The summed E-state index contributed by atoms with van der Waals surface area (Å²) in [4.78, 5) is 7.11. The Bertz CT molecular complexity index is 924. The predicted molar refractivity (Wildman–Crippen MR) is 101 cm³/mol. The Hall–Kier alpha value is -2.54. The van der Waals surface area contributed by atoms with Crippen molar-refractivity contribution in [2.24, 2.45) is 0 Å². The highest BCUT2D eigenvalue weighted by atomic mass is 19.4. The molecule has 1 aliphatic heterocycles. The van der Waals surface area contributed by atoms with E-state index >= 15 is 0 Å². The van der Waals surface area contributed by atoms with Gasteiger partial charge in [-0.05, 0) is 31.5 Å². The third kappa shape index (κ3) is 3.78. The zero-order valence-corrected chi connectivity index (χ0v) is 14.7. The van der Waals surface area contributed by atoms with Gasteiger partial charge in [-0.3, -0.25) is 0 Å². The van der Waals surface area contributed by atoms with E-state index in [0.717, 1.165) is 49.5 Å². The molecule has 142 valence electrons. The van der Waals surface area contributed by atoms with Gasteiger partial charge in [0.25, 0.3) is 0 Å². The first-order chi connectivity index (χ1) is 13.0. The third-order valence-electron chi connectivity index (χ3n) is 4.99. The average molecular weight is 374 g/mol. The molecule has 0 bridgehead atoms. The summed E-state index contributed by atoms with van der Waals surface area (Å²) in [6.45, 7) is 1.75. The molecule has 2 aromatic heterocycles. The summed E-state index contributed by atoms with van der Waals surface area (Å²) in [5.74, 6) is 0.469. The number of rotatable bonds is 3. The fraction of sp³-hybridized carbons (Fsp3) is 0.350. The van der Waals surface area contributed by atoms with E-state index in [1.54, 1.807) is 6.20 Å². The molecule has 0 amide bonds. The maximum atomic E-state index is 13.6. The fourth-order valence-corrected chi connectivity index (χ4v) is 3.63. The largest absolute Gasteiger partial charge is 0.418 e. The zero-order valence-electron chi connectivity index (χ0n) is 14.7. The van der Waals surface area contributed by atoms with Crippen molar-refractivity contribution < 1.29 is 13.2 Å². The van der Waals surface area contributed by atoms with Gasteiger partial charge in [0.1, 0.15) is 5.82 Å². The van der Waals surface area contributed by atoms with Gasteiger partial charge < -0.3 is 15.6 Å². The first kappa shape index (κ1) is 17.9. The topological polar surface area (TPSA) is 52.7 Å². The molecule has 4 nitrogen and oxygen atoms in total.